The highest BCUT2D eigenvalue weighted by Gasteiger charge is 2.15. The first-order valence-electron chi connectivity index (χ1n) is 4.10. The summed E-state index contributed by atoms with van der Waals surface area (Å²) < 4.78 is 0. The molecule has 0 fully saturated rings. The van der Waals surface area contributed by atoms with E-state index in [2.05, 4.69) is 24.8 Å². The van der Waals surface area contributed by atoms with Crippen molar-refractivity contribution in [2.75, 3.05) is 0 Å². The van der Waals surface area contributed by atoms with Crippen LogP contribution < -0.4 is 0 Å². The minimum Gasteiger partial charge on any atom is -0.0985 e. The molecule has 0 saturated carbocycles. The summed E-state index contributed by atoms with van der Waals surface area (Å²) in [6, 6.07) is 0. The molecule has 0 radical (unpaired) electrons. The van der Waals surface area contributed by atoms with Gasteiger partial charge in [-0.1, -0.05) is 36.5 Å². The maximum Gasteiger partial charge on any atom is -0.00917 e. The molecule has 0 aliphatic heterocycles. The Morgan fingerprint density at radius 1 is 1.18 bits per heavy atom. The lowest BCUT2D eigenvalue weighted by Crippen LogP contribution is -1.90. The molecule has 0 amide bonds. The summed E-state index contributed by atoms with van der Waals surface area (Å²) in [6.45, 7) is 3.81. The first-order valence-corrected chi connectivity index (χ1v) is 4.10. The van der Waals surface area contributed by atoms with Crippen LogP contribution in [0.1, 0.15) is 19.3 Å². The Morgan fingerprint density at radius 3 is 2.82 bits per heavy atom. The average molecular weight is 144 g/mol. The highest BCUT2D eigenvalue weighted by molar-refractivity contribution is 5.50. The van der Waals surface area contributed by atoms with Crippen molar-refractivity contribution in [3.05, 3.63) is 47.6 Å². The van der Waals surface area contributed by atoms with Gasteiger partial charge in [0, 0.05) is 0 Å². The zero-order chi connectivity index (χ0) is 7.68. The Kier molecular flexibility index (Phi) is 1.54. The minimum absolute atomic E-state index is 1.12. The van der Waals surface area contributed by atoms with Crippen molar-refractivity contribution in [1.82, 2.24) is 0 Å². The summed E-state index contributed by atoms with van der Waals surface area (Å²) in [5.41, 5.74) is 4.49. The summed E-state index contributed by atoms with van der Waals surface area (Å²) in [4.78, 5) is 0. The van der Waals surface area contributed by atoms with Crippen molar-refractivity contribution in [1.29, 1.82) is 0 Å². The molecule has 2 rings (SSSR count). The van der Waals surface area contributed by atoms with E-state index in [1.165, 1.54) is 11.1 Å². The predicted octanol–water partition coefficient (Wildman–Crippen LogP) is 3.15. The molecule has 0 aromatic carbocycles. The smallest absolute Gasteiger partial charge is 0.00917 e. The van der Waals surface area contributed by atoms with Gasteiger partial charge in [0.25, 0.3) is 0 Å². The Hall–Kier alpha value is -1.04. The third kappa shape index (κ3) is 0.988. The maximum absolute atomic E-state index is 3.81. The second-order valence-electron chi connectivity index (χ2n) is 3.03. The molecule has 56 valence electrons. The van der Waals surface area contributed by atoms with Gasteiger partial charge in [0.1, 0.15) is 0 Å². The number of allylic oxidation sites excluding steroid dienone is 7. The van der Waals surface area contributed by atoms with E-state index < -0.39 is 0 Å². The average Bonchev–Trinajstić information content (AvgIpc) is 2.47. The largest absolute Gasteiger partial charge is 0.0985 e. The fraction of sp³-hybridized carbons (Fsp3) is 0.273. The summed E-state index contributed by atoms with van der Waals surface area (Å²) >= 11 is 0. The molecule has 0 heterocycles. The van der Waals surface area contributed by atoms with Gasteiger partial charge in [-0.2, -0.15) is 0 Å². The normalized spacial score (nSPS) is 21.6. The van der Waals surface area contributed by atoms with E-state index in [1.54, 1.807) is 5.57 Å². The second-order valence-corrected chi connectivity index (χ2v) is 3.03. The van der Waals surface area contributed by atoms with E-state index in [9.17, 15) is 0 Å². The highest BCUT2D eigenvalue weighted by atomic mass is 14.2. The van der Waals surface area contributed by atoms with Gasteiger partial charge in [0.05, 0.1) is 0 Å². The third-order valence-corrected chi connectivity index (χ3v) is 2.42. The molecule has 0 saturated heterocycles. The zero-order valence-electron chi connectivity index (χ0n) is 6.64. The van der Waals surface area contributed by atoms with Crippen LogP contribution in [0.4, 0.5) is 0 Å². The molecule has 0 spiro atoms. The Bertz CT molecular complexity index is 274. The van der Waals surface area contributed by atoms with Gasteiger partial charge in [-0.25, -0.2) is 0 Å². The lowest BCUT2D eigenvalue weighted by atomic mass is 9.96. The Morgan fingerprint density at radius 2 is 2.00 bits per heavy atom. The molecule has 0 N–H and O–H groups in total. The number of rotatable bonds is 1. The maximum atomic E-state index is 3.81. The van der Waals surface area contributed by atoms with Crippen LogP contribution in [0.25, 0.3) is 0 Å². The molecular weight excluding hydrogens is 132 g/mol. The third-order valence-electron chi connectivity index (χ3n) is 2.42. The Labute approximate surface area is 67.6 Å². The predicted molar refractivity (Wildman–Crippen MR) is 48.3 cm³/mol. The second kappa shape index (κ2) is 2.54. The fourth-order valence-electron chi connectivity index (χ4n) is 1.79. The van der Waals surface area contributed by atoms with Crippen LogP contribution in [0.2, 0.25) is 0 Å². The summed E-state index contributed by atoms with van der Waals surface area (Å²) in [6.07, 6.45) is 12.2. The first-order chi connectivity index (χ1) is 5.42. The molecule has 11 heavy (non-hydrogen) atoms. The monoisotopic (exact) mass is 144 g/mol. The van der Waals surface area contributed by atoms with E-state index in [-0.39, 0.29) is 0 Å². The lowest BCUT2D eigenvalue weighted by Gasteiger charge is -2.09. The summed E-state index contributed by atoms with van der Waals surface area (Å²) in [5.74, 6) is 0. The molecular formula is C11H12. The number of hydrogen-bond acceptors (Lipinski definition) is 0. The van der Waals surface area contributed by atoms with Gasteiger partial charge >= 0.3 is 0 Å². The van der Waals surface area contributed by atoms with Crippen LogP contribution in [-0.4, -0.2) is 0 Å². The first kappa shape index (κ1) is 6.66. The van der Waals surface area contributed by atoms with Gasteiger partial charge in [-0.15, -0.1) is 0 Å². The minimum atomic E-state index is 1.12. The summed E-state index contributed by atoms with van der Waals surface area (Å²) in [7, 11) is 0. The van der Waals surface area contributed by atoms with E-state index in [0.29, 0.717) is 0 Å². The van der Waals surface area contributed by atoms with Gasteiger partial charge in [0.2, 0.25) is 0 Å². The van der Waals surface area contributed by atoms with Crippen molar-refractivity contribution >= 4 is 0 Å². The van der Waals surface area contributed by atoms with Crippen molar-refractivity contribution in [3.63, 3.8) is 0 Å². The topological polar surface area (TPSA) is 0 Å². The molecule has 0 atom stereocenters. The highest BCUT2D eigenvalue weighted by Crippen LogP contribution is 2.34. The molecule has 2 aliphatic carbocycles. The van der Waals surface area contributed by atoms with Crippen molar-refractivity contribution in [2.24, 2.45) is 0 Å². The van der Waals surface area contributed by atoms with E-state index in [0.717, 1.165) is 19.3 Å². The van der Waals surface area contributed by atoms with Crippen LogP contribution >= 0.6 is 0 Å². The quantitative estimate of drug-likeness (QED) is 0.496. The van der Waals surface area contributed by atoms with Crippen LogP contribution in [0.3, 0.4) is 0 Å². The van der Waals surface area contributed by atoms with E-state index in [4.69, 9.17) is 0 Å². The van der Waals surface area contributed by atoms with Gasteiger partial charge in [0.15, 0.2) is 0 Å². The molecule has 2 aliphatic rings. The fourth-order valence-corrected chi connectivity index (χ4v) is 1.79. The lowest BCUT2D eigenvalue weighted by molar-refractivity contribution is 1.04. The van der Waals surface area contributed by atoms with Crippen molar-refractivity contribution in [3.8, 4) is 0 Å². The molecule has 0 bridgehead atoms. The van der Waals surface area contributed by atoms with Crippen molar-refractivity contribution < 1.29 is 0 Å². The van der Waals surface area contributed by atoms with Crippen LogP contribution in [0.15, 0.2) is 47.6 Å². The molecule has 0 aromatic heterocycles. The Balaban J connectivity index is 2.31. The van der Waals surface area contributed by atoms with Crippen molar-refractivity contribution in [2.45, 2.75) is 19.3 Å². The number of hydrogen-bond donors (Lipinski definition) is 0. The van der Waals surface area contributed by atoms with E-state index in [1.807, 2.05) is 6.08 Å². The van der Waals surface area contributed by atoms with Crippen LogP contribution in [-0.2, 0) is 0 Å². The molecule has 0 nitrogen and oxygen atoms in total. The molecule has 0 heteroatoms. The van der Waals surface area contributed by atoms with E-state index >= 15 is 0 Å². The van der Waals surface area contributed by atoms with Gasteiger partial charge in [-0.05, 0) is 30.4 Å². The molecule has 0 unspecified atom stereocenters. The molecule has 0 aromatic rings. The van der Waals surface area contributed by atoms with Gasteiger partial charge < -0.3 is 0 Å². The van der Waals surface area contributed by atoms with Gasteiger partial charge in [-0.3, -0.25) is 0 Å². The summed E-state index contributed by atoms with van der Waals surface area (Å²) in [5, 5.41) is 0. The SMILES string of the molecule is C=CC1=CCC2=C1CC=CC2. The van der Waals surface area contributed by atoms with Crippen LogP contribution in [0.5, 0.6) is 0 Å². The zero-order valence-corrected chi connectivity index (χ0v) is 6.64. The standard InChI is InChI=1S/C11H12/c1-2-9-7-8-10-5-3-4-6-11(9)10/h2-4,7H,1,5-6,8H2. The van der Waals surface area contributed by atoms with Crippen LogP contribution in [0, 0.1) is 0 Å².